The first-order valence-electron chi connectivity index (χ1n) is 12.0. The zero-order valence-corrected chi connectivity index (χ0v) is 20.7. The average molecular weight is 496 g/mol. The first kappa shape index (κ1) is 22.6. The van der Waals surface area contributed by atoms with Crippen LogP contribution < -0.4 is 5.56 Å². The third-order valence-electron chi connectivity index (χ3n) is 6.70. The highest BCUT2D eigenvalue weighted by molar-refractivity contribution is 7.15. The Bertz CT molecular complexity index is 1630. The van der Waals surface area contributed by atoms with Gasteiger partial charge < -0.3 is 4.90 Å². The summed E-state index contributed by atoms with van der Waals surface area (Å²) in [5, 5.41) is 2.74. The van der Waals surface area contributed by atoms with Crippen molar-refractivity contribution in [2.24, 2.45) is 0 Å². The predicted molar refractivity (Wildman–Crippen MR) is 142 cm³/mol. The number of thiazole rings is 1. The molecule has 8 heteroatoms. The van der Waals surface area contributed by atoms with E-state index in [4.69, 9.17) is 4.98 Å². The summed E-state index contributed by atoms with van der Waals surface area (Å²) < 4.78 is 1.56. The molecule has 0 radical (unpaired) electrons. The number of amides is 1. The van der Waals surface area contributed by atoms with E-state index >= 15 is 0 Å². The number of carbonyl (C=O) groups excluding carboxylic acids is 1. The minimum absolute atomic E-state index is 0.0259. The van der Waals surface area contributed by atoms with Gasteiger partial charge in [-0.3, -0.25) is 18.9 Å². The number of benzene rings is 2. The van der Waals surface area contributed by atoms with Crippen molar-refractivity contribution in [1.82, 2.24) is 24.2 Å². The Morgan fingerprint density at radius 3 is 2.56 bits per heavy atom. The number of piperazine rings is 1. The van der Waals surface area contributed by atoms with Crippen molar-refractivity contribution in [3.8, 4) is 11.3 Å². The Kier molecular flexibility index (Phi) is 5.83. The molecule has 1 aliphatic rings. The summed E-state index contributed by atoms with van der Waals surface area (Å²) in [5.74, 6) is 0.0259. The Morgan fingerprint density at radius 1 is 0.972 bits per heavy atom. The van der Waals surface area contributed by atoms with E-state index in [-0.39, 0.29) is 11.5 Å². The van der Waals surface area contributed by atoms with E-state index in [1.807, 2.05) is 52.7 Å². The van der Waals surface area contributed by atoms with Crippen LogP contribution in [0.25, 0.3) is 27.1 Å². The average Bonchev–Trinajstić information content (AvgIpc) is 3.38. The summed E-state index contributed by atoms with van der Waals surface area (Å²) >= 11 is 1.46. The number of rotatable bonds is 4. The lowest BCUT2D eigenvalue weighted by Gasteiger charge is -2.34. The Hall–Kier alpha value is -3.88. The Labute approximate surface area is 212 Å². The molecule has 4 heterocycles. The SMILES string of the molecule is Cc1ccc(-c2cc(C(=O)N3CCN(Cc4cc(=O)n5ccsc5n4)CC3)c3ccccc3n2)cc1. The van der Waals surface area contributed by atoms with E-state index in [2.05, 4.69) is 28.9 Å². The number of pyridine rings is 1. The van der Waals surface area contributed by atoms with Crippen LogP contribution in [0.5, 0.6) is 0 Å². The molecule has 1 fully saturated rings. The van der Waals surface area contributed by atoms with Gasteiger partial charge in [-0.05, 0) is 19.1 Å². The summed E-state index contributed by atoms with van der Waals surface area (Å²) in [7, 11) is 0. The standard InChI is InChI=1S/C28H25N5O2S/c1-19-6-8-20(9-7-19)25-17-23(22-4-2-3-5-24(22)30-25)27(35)32-12-10-31(11-13-32)18-21-16-26(34)33-14-15-36-28(33)29-21/h2-9,14-17H,10-13,18H2,1H3. The van der Waals surface area contributed by atoms with Crippen molar-refractivity contribution in [3.05, 3.63) is 99.4 Å². The van der Waals surface area contributed by atoms with Crippen molar-refractivity contribution in [2.45, 2.75) is 13.5 Å². The van der Waals surface area contributed by atoms with Crippen LogP contribution in [0.3, 0.4) is 0 Å². The summed E-state index contributed by atoms with van der Waals surface area (Å²) in [6, 6.07) is 19.6. The second-order valence-corrected chi connectivity index (χ2v) is 10.0. The van der Waals surface area contributed by atoms with Gasteiger partial charge in [-0.2, -0.15) is 0 Å². The molecule has 1 amide bonds. The van der Waals surface area contributed by atoms with E-state index in [1.54, 1.807) is 16.7 Å². The minimum Gasteiger partial charge on any atom is -0.336 e. The van der Waals surface area contributed by atoms with Gasteiger partial charge in [0.05, 0.1) is 22.5 Å². The zero-order chi connectivity index (χ0) is 24.6. The fraction of sp³-hybridized carbons (Fsp3) is 0.214. The van der Waals surface area contributed by atoms with Gasteiger partial charge in [-0.15, -0.1) is 11.3 Å². The molecule has 0 saturated carbocycles. The van der Waals surface area contributed by atoms with Gasteiger partial charge in [-0.1, -0.05) is 48.0 Å². The van der Waals surface area contributed by atoms with E-state index in [1.165, 1.54) is 16.9 Å². The van der Waals surface area contributed by atoms with Gasteiger partial charge in [-0.25, -0.2) is 9.97 Å². The fourth-order valence-electron chi connectivity index (χ4n) is 4.70. The molecule has 0 unspecified atom stereocenters. The topological polar surface area (TPSA) is 70.8 Å². The van der Waals surface area contributed by atoms with Gasteiger partial charge in [0.15, 0.2) is 4.96 Å². The van der Waals surface area contributed by atoms with Crippen LogP contribution in [0.4, 0.5) is 0 Å². The molecule has 1 aliphatic heterocycles. The number of fused-ring (bicyclic) bond motifs is 2. The maximum Gasteiger partial charge on any atom is 0.258 e. The lowest BCUT2D eigenvalue weighted by atomic mass is 10.0. The number of hydrogen-bond acceptors (Lipinski definition) is 6. The second kappa shape index (κ2) is 9.29. The lowest BCUT2D eigenvalue weighted by Crippen LogP contribution is -2.48. The maximum absolute atomic E-state index is 13.7. The molecule has 0 spiro atoms. The molecule has 6 rings (SSSR count). The summed E-state index contributed by atoms with van der Waals surface area (Å²) in [6.45, 7) is 5.35. The van der Waals surface area contributed by atoms with E-state index < -0.39 is 0 Å². The van der Waals surface area contributed by atoms with E-state index in [9.17, 15) is 9.59 Å². The Morgan fingerprint density at radius 2 is 1.75 bits per heavy atom. The number of nitrogens with zero attached hydrogens (tertiary/aromatic N) is 5. The van der Waals surface area contributed by atoms with Crippen molar-refractivity contribution >= 4 is 33.1 Å². The highest BCUT2D eigenvalue weighted by Gasteiger charge is 2.25. The molecule has 0 atom stereocenters. The van der Waals surface area contributed by atoms with Crippen LogP contribution in [-0.2, 0) is 6.54 Å². The van der Waals surface area contributed by atoms with Gasteiger partial charge in [0, 0.05) is 61.3 Å². The molecule has 0 N–H and O–H groups in total. The molecule has 2 aromatic carbocycles. The largest absolute Gasteiger partial charge is 0.336 e. The zero-order valence-electron chi connectivity index (χ0n) is 19.9. The molecule has 1 saturated heterocycles. The first-order chi connectivity index (χ1) is 17.5. The fourth-order valence-corrected chi connectivity index (χ4v) is 5.44. The number of aromatic nitrogens is 3. The van der Waals surface area contributed by atoms with Crippen LogP contribution in [0, 0.1) is 6.92 Å². The first-order valence-corrected chi connectivity index (χ1v) is 12.9. The number of hydrogen-bond donors (Lipinski definition) is 0. The third-order valence-corrected chi connectivity index (χ3v) is 7.45. The number of para-hydroxylation sites is 1. The normalized spacial score (nSPS) is 14.5. The van der Waals surface area contributed by atoms with Crippen molar-refractivity contribution in [3.63, 3.8) is 0 Å². The van der Waals surface area contributed by atoms with Gasteiger partial charge in [0.1, 0.15) is 0 Å². The third kappa shape index (κ3) is 4.29. The Balaban J connectivity index is 1.22. The maximum atomic E-state index is 13.7. The van der Waals surface area contributed by atoms with Crippen molar-refractivity contribution in [2.75, 3.05) is 26.2 Å². The highest BCUT2D eigenvalue weighted by atomic mass is 32.1. The molecule has 7 nitrogen and oxygen atoms in total. The summed E-state index contributed by atoms with van der Waals surface area (Å²) in [5.41, 5.74) is 5.20. The van der Waals surface area contributed by atoms with Gasteiger partial charge in [0.2, 0.25) is 0 Å². The molecule has 36 heavy (non-hydrogen) atoms. The van der Waals surface area contributed by atoms with Gasteiger partial charge in [0.25, 0.3) is 11.5 Å². The van der Waals surface area contributed by atoms with Gasteiger partial charge >= 0.3 is 0 Å². The predicted octanol–water partition coefficient (Wildman–Crippen LogP) is 4.24. The molecule has 180 valence electrons. The van der Waals surface area contributed by atoms with Crippen LogP contribution in [0.15, 0.2) is 77.0 Å². The summed E-state index contributed by atoms with van der Waals surface area (Å²) in [4.78, 5) is 40.3. The quantitative estimate of drug-likeness (QED) is 0.373. The molecule has 3 aromatic heterocycles. The van der Waals surface area contributed by atoms with Crippen molar-refractivity contribution < 1.29 is 4.79 Å². The monoisotopic (exact) mass is 495 g/mol. The van der Waals surface area contributed by atoms with E-state index in [0.29, 0.717) is 30.2 Å². The van der Waals surface area contributed by atoms with Crippen LogP contribution in [0.1, 0.15) is 21.6 Å². The smallest absolute Gasteiger partial charge is 0.258 e. The molecule has 5 aromatic rings. The van der Waals surface area contributed by atoms with Crippen LogP contribution >= 0.6 is 11.3 Å². The molecular formula is C28H25N5O2S. The highest BCUT2D eigenvalue weighted by Crippen LogP contribution is 2.26. The molecular weight excluding hydrogens is 470 g/mol. The van der Waals surface area contributed by atoms with E-state index in [0.717, 1.165) is 40.9 Å². The van der Waals surface area contributed by atoms with Crippen LogP contribution in [0.2, 0.25) is 0 Å². The van der Waals surface area contributed by atoms with Crippen molar-refractivity contribution in [1.29, 1.82) is 0 Å². The van der Waals surface area contributed by atoms with Crippen LogP contribution in [-0.4, -0.2) is 56.3 Å². The lowest BCUT2D eigenvalue weighted by molar-refractivity contribution is 0.0629. The number of carbonyl (C=O) groups is 1. The molecule has 0 aliphatic carbocycles. The number of aryl methyl sites for hydroxylation is 1. The minimum atomic E-state index is -0.0565. The molecule has 0 bridgehead atoms. The second-order valence-electron chi connectivity index (χ2n) is 9.15. The summed E-state index contributed by atoms with van der Waals surface area (Å²) in [6.07, 6.45) is 1.75.